The Morgan fingerprint density at radius 3 is 2.80 bits per heavy atom. The molecule has 4 heterocycles. The third kappa shape index (κ3) is 2.92. The number of pyridine rings is 2. The Morgan fingerprint density at radius 2 is 1.96 bits per heavy atom. The standard InChI is InChI=1S/C17H13N7O/c1-10-21-15(13-4-2-3-7-18-13)23-17(22-10)24-16(25)14-11-5-8-19-12(11)6-9-20-14/h2-9,19H,1H3,(H,21,22,23,24,25). The number of aromatic nitrogens is 6. The van der Waals surface area contributed by atoms with Gasteiger partial charge in [0, 0.05) is 29.5 Å². The third-order valence-corrected chi connectivity index (χ3v) is 3.56. The van der Waals surface area contributed by atoms with E-state index in [9.17, 15) is 4.79 Å². The van der Waals surface area contributed by atoms with Crippen LogP contribution in [0.3, 0.4) is 0 Å². The molecule has 0 fully saturated rings. The number of H-pyrrole nitrogens is 1. The van der Waals surface area contributed by atoms with Crippen LogP contribution in [0.25, 0.3) is 22.4 Å². The van der Waals surface area contributed by atoms with Crippen molar-refractivity contribution in [2.45, 2.75) is 6.92 Å². The van der Waals surface area contributed by atoms with Gasteiger partial charge in [0.2, 0.25) is 5.95 Å². The van der Waals surface area contributed by atoms with Gasteiger partial charge in [-0.3, -0.25) is 20.1 Å². The predicted octanol–water partition coefficient (Wildman–Crippen LogP) is 2.37. The molecule has 0 aliphatic rings. The minimum Gasteiger partial charge on any atom is -0.361 e. The molecule has 0 saturated carbocycles. The third-order valence-electron chi connectivity index (χ3n) is 3.56. The van der Waals surface area contributed by atoms with E-state index in [1.165, 1.54) is 0 Å². The van der Waals surface area contributed by atoms with Crippen molar-refractivity contribution in [3.05, 3.63) is 60.4 Å². The molecule has 8 heteroatoms. The zero-order valence-electron chi connectivity index (χ0n) is 13.3. The first-order valence-electron chi connectivity index (χ1n) is 7.58. The molecule has 0 saturated heterocycles. The van der Waals surface area contributed by atoms with Crippen LogP contribution in [0.15, 0.2) is 48.9 Å². The highest BCUT2D eigenvalue weighted by Crippen LogP contribution is 2.17. The smallest absolute Gasteiger partial charge is 0.277 e. The molecule has 0 spiro atoms. The molecule has 0 bridgehead atoms. The van der Waals surface area contributed by atoms with Crippen LogP contribution in [-0.2, 0) is 0 Å². The van der Waals surface area contributed by atoms with E-state index in [-0.39, 0.29) is 11.9 Å². The monoisotopic (exact) mass is 331 g/mol. The van der Waals surface area contributed by atoms with Gasteiger partial charge in [-0.1, -0.05) is 6.07 Å². The Labute approximate surface area is 142 Å². The van der Waals surface area contributed by atoms with Crippen LogP contribution in [0.4, 0.5) is 5.95 Å². The first kappa shape index (κ1) is 14.9. The van der Waals surface area contributed by atoms with Gasteiger partial charge >= 0.3 is 0 Å². The fourth-order valence-electron chi connectivity index (χ4n) is 2.47. The molecular weight excluding hydrogens is 318 g/mol. The molecule has 1 amide bonds. The highest BCUT2D eigenvalue weighted by Gasteiger charge is 2.15. The Hall–Kier alpha value is -3.68. The van der Waals surface area contributed by atoms with Crippen molar-refractivity contribution in [2.75, 3.05) is 5.32 Å². The normalized spacial score (nSPS) is 10.8. The van der Waals surface area contributed by atoms with Crippen molar-refractivity contribution in [2.24, 2.45) is 0 Å². The first-order chi connectivity index (χ1) is 12.2. The van der Waals surface area contributed by atoms with E-state index in [2.05, 4.69) is 35.2 Å². The van der Waals surface area contributed by atoms with E-state index >= 15 is 0 Å². The van der Waals surface area contributed by atoms with Crippen LogP contribution >= 0.6 is 0 Å². The number of anilines is 1. The molecule has 8 nitrogen and oxygen atoms in total. The number of hydrogen-bond donors (Lipinski definition) is 2. The average molecular weight is 331 g/mol. The summed E-state index contributed by atoms with van der Waals surface area (Å²) in [6, 6.07) is 9.05. The fraction of sp³-hybridized carbons (Fsp3) is 0.0588. The lowest BCUT2D eigenvalue weighted by atomic mass is 10.2. The van der Waals surface area contributed by atoms with Crippen molar-refractivity contribution in [3.8, 4) is 11.5 Å². The summed E-state index contributed by atoms with van der Waals surface area (Å²) < 4.78 is 0. The number of aromatic amines is 1. The van der Waals surface area contributed by atoms with Crippen LogP contribution in [0.5, 0.6) is 0 Å². The summed E-state index contributed by atoms with van der Waals surface area (Å²) in [5.74, 6) is 0.658. The van der Waals surface area contributed by atoms with Gasteiger partial charge in [-0.25, -0.2) is 4.98 Å². The molecular formula is C17H13N7O. The SMILES string of the molecule is Cc1nc(NC(=O)c2nccc3[nH]ccc23)nc(-c2ccccn2)n1. The van der Waals surface area contributed by atoms with Crippen LogP contribution in [0, 0.1) is 6.92 Å². The topological polar surface area (TPSA) is 109 Å². The highest BCUT2D eigenvalue weighted by molar-refractivity contribution is 6.10. The largest absolute Gasteiger partial charge is 0.361 e. The minimum absolute atomic E-state index is 0.160. The Bertz CT molecular complexity index is 1060. The van der Waals surface area contributed by atoms with Crippen molar-refractivity contribution >= 4 is 22.8 Å². The Morgan fingerprint density at radius 1 is 1.04 bits per heavy atom. The number of hydrogen-bond acceptors (Lipinski definition) is 6. The summed E-state index contributed by atoms with van der Waals surface area (Å²) >= 11 is 0. The number of nitrogens with one attached hydrogen (secondary N) is 2. The average Bonchev–Trinajstić information content (AvgIpc) is 3.10. The van der Waals surface area contributed by atoms with Crippen molar-refractivity contribution < 1.29 is 4.79 Å². The van der Waals surface area contributed by atoms with Gasteiger partial charge in [0.1, 0.15) is 17.2 Å². The van der Waals surface area contributed by atoms with Gasteiger partial charge in [-0.2, -0.15) is 9.97 Å². The number of fused-ring (bicyclic) bond motifs is 1. The number of carbonyl (C=O) groups excluding carboxylic acids is 1. The highest BCUT2D eigenvalue weighted by atomic mass is 16.2. The summed E-state index contributed by atoms with van der Waals surface area (Å²) in [7, 11) is 0. The number of nitrogens with zero attached hydrogens (tertiary/aromatic N) is 5. The molecule has 4 aromatic rings. The van der Waals surface area contributed by atoms with Gasteiger partial charge in [0.05, 0.1) is 0 Å². The quantitative estimate of drug-likeness (QED) is 0.596. The van der Waals surface area contributed by atoms with Crippen molar-refractivity contribution in [1.29, 1.82) is 0 Å². The molecule has 0 unspecified atom stereocenters. The van der Waals surface area contributed by atoms with E-state index < -0.39 is 0 Å². The summed E-state index contributed by atoms with van der Waals surface area (Å²) in [5.41, 5.74) is 1.74. The number of rotatable bonds is 3. The van der Waals surface area contributed by atoms with Crippen LogP contribution < -0.4 is 5.32 Å². The van der Waals surface area contributed by atoms with Crippen molar-refractivity contribution in [1.82, 2.24) is 29.9 Å². The maximum atomic E-state index is 12.6. The van der Waals surface area contributed by atoms with Gasteiger partial charge in [0.15, 0.2) is 5.82 Å². The van der Waals surface area contributed by atoms with E-state index in [1.807, 2.05) is 12.1 Å². The molecule has 0 aromatic carbocycles. The maximum absolute atomic E-state index is 12.6. The maximum Gasteiger partial charge on any atom is 0.277 e. The van der Waals surface area contributed by atoms with Crippen molar-refractivity contribution in [3.63, 3.8) is 0 Å². The van der Waals surface area contributed by atoms with E-state index in [0.29, 0.717) is 23.0 Å². The zero-order chi connectivity index (χ0) is 17.2. The lowest BCUT2D eigenvalue weighted by Gasteiger charge is -2.06. The molecule has 0 atom stereocenters. The first-order valence-corrected chi connectivity index (χ1v) is 7.58. The predicted molar refractivity (Wildman–Crippen MR) is 91.8 cm³/mol. The summed E-state index contributed by atoms with van der Waals surface area (Å²) in [5, 5.41) is 3.42. The lowest BCUT2D eigenvalue weighted by Crippen LogP contribution is -2.17. The Kier molecular flexibility index (Phi) is 3.62. The second-order valence-corrected chi connectivity index (χ2v) is 5.30. The summed E-state index contributed by atoms with van der Waals surface area (Å²) in [6.45, 7) is 1.73. The Balaban J connectivity index is 1.68. The second kappa shape index (κ2) is 6.08. The molecule has 2 N–H and O–H groups in total. The molecule has 25 heavy (non-hydrogen) atoms. The molecule has 0 aliphatic carbocycles. The van der Waals surface area contributed by atoms with E-state index in [4.69, 9.17) is 0 Å². The minimum atomic E-state index is -0.386. The van der Waals surface area contributed by atoms with Gasteiger partial charge < -0.3 is 4.98 Å². The van der Waals surface area contributed by atoms with E-state index in [1.54, 1.807) is 43.7 Å². The molecule has 4 aromatic heterocycles. The van der Waals surface area contributed by atoms with Gasteiger partial charge in [0.25, 0.3) is 5.91 Å². The number of aryl methyl sites for hydroxylation is 1. The van der Waals surface area contributed by atoms with E-state index in [0.717, 1.165) is 10.9 Å². The zero-order valence-corrected chi connectivity index (χ0v) is 13.3. The van der Waals surface area contributed by atoms with Gasteiger partial charge in [-0.15, -0.1) is 0 Å². The van der Waals surface area contributed by atoms with Crippen LogP contribution in [0.1, 0.15) is 16.3 Å². The summed E-state index contributed by atoms with van der Waals surface area (Å²) in [4.78, 5) is 36.7. The van der Waals surface area contributed by atoms with Crippen LogP contribution in [0.2, 0.25) is 0 Å². The molecule has 4 rings (SSSR count). The second-order valence-electron chi connectivity index (χ2n) is 5.30. The van der Waals surface area contributed by atoms with Crippen LogP contribution in [-0.4, -0.2) is 35.8 Å². The number of amides is 1. The van der Waals surface area contributed by atoms with Gasteiger partial charge in [-0.05, 0) is 31.2 Å². The molecule has 0 radical (unpaired) electrons. The molecule has 122 valence electrons. The summed E-state index contributed by atoms with van der Waals surface area (Å²) in [6.07, 6.45) is 4.99. The lowest BCUT2D eigenvalue weighted by molar-refractivity contribution is 0.102. The fourth-order valence-corrected chi connectivity index (χ4v) is 2.47. The number of carbonyl (C=O) groups is 1. The molecule has 0 aliphatic heterocycles.